The average molecular weight is 307 g/mol. The molecule has 0 spiro atoms. The molecule has 0 radical (unpaired) electrons. The van der Waals surface area contributed by atoms with Gasteiger partial charge in [-0.05, 0) is 25.3 Å². The van der Waals surface area contributed by atoms with E-state index in [2.05, 4.69) is 29.1 Å². The van der Waals surface area contributed by atoms with Crippen molar-refractivity contribution in [3.63, 3.8) is 0 Å². The molecule has 0 saturated carbocycles. The summed E-state index contributed by atoms with van der Waals surface area (Å²) in [5, 5.41) is 15.1. The monoisotopic (exact) mass is 307 g/mol. The maximum Gasteiger partial charge on any atom is 0.268 e. The van der Waals surface area contributed by atoms with Gasteiger partial charge in [0.15, 0.2) is 0 Å². The fourth-order valence-electron chi connectivity index (χ4n) is 2.18. The fourth-order valence-corrected chi connectivity index (χ4v) is 2.80. The van der Waals surface area contributed by atoms with E-state index in [1.54, 1.807) is 23.6 Å². The van der Waals surface area contributed by atoms with Crippen LogP contribution in [0.5, 0.6) is 0 Å². The third kappa shape index (κ3) is 4.15. The van der Waals surface area contributed by atoms with Crippen LogP contribution in [0.2, 0.25) is 0 Å². The SMILES string of the molecule is Cc1nc(-c2c[nH]c(C(=O)NC(CO)CC(C)C)c2)cs1. The number of aliphatic hydroxyl groups excluding tert-OH is 1. The Labute approximate surface area is 128 Å². The lowest BCUT2D eigenvalue weighted by Gasteiger charge is -2.17. The first-order valence-electron chi connectivity index (χ1n) is 7.02. The van der Waals surface area contributed by atoms with Crippen LogP contribution >= 0.6 is 11.3 Å². The van der Waals surface area contributed by atoms with Crippen LogP contribution in [0.4, 0.5) is 0 Å². The topological polar surface area (TPSA) is 78.0 Å². The van der Waals surface area contributed by atoms with E-state index < -0.39 is 0 Å². The van der Waals surface area contributed by atoms with Crippen LogP contribution in [0.15, 0.2) is 17.6 Å². The number of rotatable bonds is 6. The number of hydrogen-bond donors (Lipinski definition) is 3. The number of aliphatic hydroxyl groups is 1. The lowest BCUT2D eigenvalue weighted by Crippen LogP contribution is -2.38. The number of hydrogen-bond acceptors (Lipinski definition) is 4. The molecule has 6 heteroatoms. The summed E-state index contributed by atoms with van der Waals surface area (Å²) in [5.74, 6) is 0.215. The number of carbonyl (C=O) groups excluding carboxylic acids is 1. The fraction of sp³-hybridized carbons (Fsp3) is 0.467. The molecule has 1 amide bonds. The highest BCUT2D eigenvalue weighted by atomic mass is 32.1. The van der Waals surface area contributed by atoms with E-state index in [1.165, 1.54) is 0 Å². The van der Waals surface area contributed by atoms with Crippen LogP contribution in [0.3, 0.4) is 0 Å². The van der Waals surface area contributed by atoms with Crippen molar-refractivity contribution in [1.29, 1.82) is 0 Å². The number of amides is 1. The van der Waals surface area contributed by atoms with E-state index in [0.717, 1.165) is 22.7 Å². The van der Waals surface area contributed by atoms with Crippen LogP contribution in [0.1, 0.15) is 35.8 Å². The van der Waals surface area contributed by atoms with Gasteiger partial charge in [-0.25, -0.2) is 4.98 Å². The van der Waals surface area contributed by atoms with Crippen LogP contribution in [-0.4, -0.2) is 33.6 Å². The highest BCUT2D eigenvalue weighted by molar-refractivity contribution is 7.09. The van der Waals surface area contributed by atoms with Crippen LogP contribution in [0.25, 0.3) is 11.3 Å². The van der Waals surface area contributed by atoms with Gasteiger partial charge in [-0.2, -0.15) is 0 Å². The zero-order valence-electron chi connectivity index (χ0n) is 12.5. The van der Waals surface area contributed by atoms with Crippen molar-refractivity contribution in [2.75, 3.05) is 6.61 Å². The van der Waals surface area contributed by atoms with Crippen molar-refractivity contribution in [3.05, 3.63) is 28.3 Å². The molecule has 0 bridgehead atoms. The van der Waals surface area contributed by atoms with Gasteiger partial charge < -0.3 is 15.4 Å². The Morgan fingerprint density at radius 2 is 2.29 bits per heavy atom. The van der Waals surface area contributed by atoms with Gasteiger partial charge in [0.25, 0.3) is 5.91 Å². The molecule has 0 saturated heterocycles. The Kier molecular flexibility index (Phi) is 5.14. The first kappa shape index (κ1) is 15.7. The molecule has 2 heterocycles. The molecule has 114 valence electrons. The summed E-state index contributed by atoms with van der Waals surface area (Å²) in [7, 11) is 0. The number of aryl methyl sites for hydroxylation is 1. The molecule has 2 rings (SSSR count). The molecule has 0 aromatic carbocycles. The van der Waals surface area contributed by atoms with Gasteiger partial charge in [-0.1, -0.05) is 13.8 Å². The first-order valence-corrected chi connectivity index (χ1v) is 7.90. The Morgan fingerprint density at radius 1 is 1.52 bits per heavy atom. The average Bonchev–Trinajstić information content (AvgIpc) is 3.05. The normalized spacial score (nSPS) is 12.6. The summed E-state index contributed by atoms with van der Waals surface area (Å²) in [6.07, 6.45) is 2.53. The lowest BCUT2D eigenvalue weighted by atomic mass is 10.0. The van der Waals surface area contributed by atoms with E-state index in [-0.39, 0.29) is 18.6 Å². The summed E-state index contributed by atoms with van der Waals surface area (Å²) in [6.45, 7) is 6.02. The highest BCUT2D eigenvalue weighted by Gasteiger charge is 2.16. The number of aromatic amines is 1. The van der Waals surface area contributed by atoms with Crippen molar-refractivity contribution in [3.8, 4) is 11.3 Å². The Hall–Kier alpha value is -1.66. The molecule has 0 aliphatic carbocycles. The van der Waals surface area contributed by atoms with Crippen molar-refractivity contribution in [2.45, 2.75) is 33.2 Å². The van der Waals surface area contributed by atoms with Gasteiger partial charge in [-0.3, -0.25) is 4.79 Å². The van der Waals surface area contributed by atoms with Gasteiger partial charge in [0.05, 0.1) is 23.4 Å². The minimum Gasteiger partial charge on any atom is -0.394 e. The van der Waals surface area contributed by atoms with Gasteiger partial charge in [0.2, 0.25) is 0 Å². The molecule has 0 aliphatic heterocycles. The smallest absolute Gasteiger partial charge is 0.268 e. The first-order chi connectivity index (χ1) is 9.99. The molecule has 2 aromatic rings. The van der Waals surface area contributed by atoms with Crippen molar-refractivity contribution >= 4 is 17.2 Å². The molecular formula is C15H21N3O2S. The molecular weight excluding hydrogens is 286 g/mol. The minimum absolute atomic E-state index is 0.0528. The van der Waals surface area contributed by atoms with Crippen molar-refractivity contribution < 1.29 is 9.90 Å². The predicted octanol–water partition coefficient (Wildman–Crippen LogP) is 2.58. The van der Waals surface area contributed by atoms with Gasteiger partial charge >= 0.3 is 0 Å². The molecule has 2 aromatic heterocycles. The van der Waals surface area contributed by atoms with Crippen molar-refractivity contribution in [2.24, 2.45) is 5.92 Å². The summed E-state index contributed by atoms with van der Waals surface area (Å²) >= 11 is 1.58. The quantitative estimate of drug-likeness (QED) is 0.767. The van der Waals surface area contributed by atoms with Crippen LogP contribution in [0, 0.1) is 12.8 Å². The highest BCUT2D eigenvalue weighted by Crippen LogP contribution is 2.22. The maximum absolute atomic E-state index is 12.2. The zero-order chi connectivity index (χ0) is 15.4. The van der Waals surface area contributed by atoms with Gasteiger partial charge in [-0.15, -0.1) is 11.3 Å². The largest absolute Gasteiger partial charge is 0.394 e. The Bertz CT molecular complexity index is 604. The number of thiazole rings is 1. The number of H-pyrrole nitrogens is 1. The van der Waals surface area contributed by atoms with E-state index in [9.17, 15) is 9.90 Å². The zero-order valence-corrected chi connectivity index (χ0v) is 13.3. The van der Waals surface area contributed by atoms with E-state index in [1.807, 2.05) is 12.3 Å². The maximum atomic E-state index is 12.2. The van der Waals surface area contributed by atoms with Gasteiger partial charge in [0, 0.05) is 17.1 Å². The second kappa shape index (κ2) is 6.87. The summed E-state index contributed by atoms with van der Waals surface area (Å²) in [5.41, 5.74) is 2.25. The standard InChI is InChI=1S/C15H21N3O2S/c1-9(2)4-12(7-19)18-15(20)13-5-11(6-16-13)14-8-21-10(3)17-14/h5-6,8-9,12,16,19H,4,7H2,1-3H3,(H,18,20). The second-order valence-corrected chi connectivity index (χ2v) is 6.60. The van der Waals surface area contributed by atoms with Crippen molar-refractivity contribution in [1.82, 2.24) is 15.3 Å². The number of carbonyl (C=O) groups is 1. The molecule has 5 nitrogen and oxygen atoms in total. The van der Waals surface area contributed by atoms with Gasteiger partial charge in [0.1, 0.15) is 5.69 Å². The predicted molar refractivity (Wildman–Crippen MR) is 84.4 cm³/mol. The molecule has 0 aliphatic rings. The second-order valence-electron chi connectivity index (χ2n) is 5.54. The Balaban J connectivity index is 2.05. The number of aromatic nitrogens is 2. The number of nitrogens with one attached hydrogen (secondary N) is 2. The summed E-state index contributed by atoms with van der Waals surface area (Å²) in [6, 6.07) is 1.57. The summed E-state index contributed by atoms with van der Waals surface area (Å²) in [4.78, 5) is 19.5. The number of nitrogens with zero attached hydrogens (tertiary/aromatic N) is 1. The molecule has 3 N–H and O–H groups in total. The third-order valence-corrected chi connectivity index (χ3v) is 3.93. The van der Waals surface area contributed by atoms with E-state index in [0.29, 0.717) is 11.6 Å². The molecule has 1 unspecified atom stereocenters. The van der Waals surface area contributed by atoms with Crippen LogP contribution in [-0.2, 0) is 0 Å². The summed E-state index contributed by atoms with van der Waals surface area (Å²) < 4.78 is 0. The minimum atomic E-state index is -0.217. The molecule has 21 heavy (non-hydrogen) atoms. The Morgan fingerprint density at radius 3 is 2.86 bits per heavy atom. The molecule has 1 atom stereocenters. The lowest BCUT2D eigenvalue weighted by molar-refractivity contribution is 0.0904. The van der Waals surface area contributed by atoms with Crippen LogP contribution < -0.4 is 5.32 Å². The van der Waals surface area contributed by atoms with E-state index in [4.69, 9.17) is 0 Å². The molecule has 0 fully saturated rings. The van der Waals surface area contributed by atoms with E-state index >= 15 is 0 Å². The third-order valence-electron chi connectivity index (χ3n) is 3.15.